The number of anilines is 1. The number of rotatable bonds is 6. The van der Waals surface area contributed by atoms with Crippen molar-refractivity contribution < 1.29 is 23.7 Å². The van der Waals surface area contributed by atoms with Gasteiger partial charge in [0, 0.05) is 85.5 Å². The first-order valence-electron chi connectivity index (χ1n) is 17.7. The number of non-ortho nitro benzene ring substituents is 2. The molecule has 6 heterocycles. The first-order chi connectivity index (χ1) is 28.3. The quantitative estimate of drug-likeness (QED) is 0.0928. The smallest absolute Gasteiger partial charge is 0.269 e. The average molecular weight is 798 g/mol. The highest BCUT2D eigenvalue weighted by atomic mass is 19.1. The number of pyridine rings is 3. The topological polar surface area (TPSA) is 203 Å². The number of halogens is 1. The molecule has 298 valence electrons. The number of nitrogens with one attached hydrogen (secondary N) is 1. The summed E-state index contributed by atoms with van der Waals surface area (Å²) in [6.45, 7) is 5.24. The minimum absolute atomic E-state index is 0.0300. The molecule has 0 saturated carbocycles. The normalized spacial score (nSPS) is 10.4. The second-order valence-corrected chi connectivity index (χ2v) is 12.9. The molecule has 0 saturated heterocycles. The molecule has 3 aromatic carbocycles. The minimum Gasteiger partial charge on any atom is -0.456 e. The van der Waals surface area contributed by atoms with Crippen molar-refractivity contribution in [1.29, 1.82) is 0 Å². The van der Waals surface area contributed by atoms with Gasteiger partial charge in [0.25, 0.3) is 11.4 Å². The minimum atomic E-state index is -0.549. The third kappa shape index (κ3) is 10.5. The Morgan fingerprint density at radius 2 is 1.19 bits per heavy atom. The first kappa shape index (κ1) is 40.3. The van der Waals surface area contributed by atoms with Gasteiger partial charge in [-0.25, -0.2) is 14.4 Å². The highest BCUT2D eigenvalue weighted by Crippen LogP contribution is 2.29. The molecule has 17 heteroatoms. The van der Waals surface area contributed by atoms with E-state index in [1.165, 1.54) is 31.2 Å². The lowest BCUT2D eigenvalue weighted by atomic mass is 10.2. The Morgan fingerprint density at radius 3 is 1.73 bits per heavy atom. The molecule has 0 aliphatic carbocycles. The number of imidazole rings is 3. The summed E-state index contributed by atoms with van der Waals surface area (Å²) < 4.78 is 29.7. The van der Waals surface area contributed by atoms with Gasteiger partial charge in [0.1, 0.15) is 45.8 Å². The fraction of sp³-hybridized carbons (Fsp3) is 0.0714. The largest absolute Gasteiger partial charge is 0.456 e. The van der Waals surface area contributed by atoms with E-state index in [-0.39, 0.29) is 16.8 Å². The molecule has 0 spiro atoms. The highest BCUT2D eigenvalue weighted by Gasteiger charge is 2.10. The zero-order valence-corrected chi connectivity index (χ0v) is 31.8. The van der Waals surface area contributed by atoms with Gasteiger partial charge in [-0.2, -0.15) is 0 Å². The van der Waals surface area contributed by atoms with E-state index in [1.54, 1.807) is 43.8 Å². The second-order valence-electron chi connectivity index (χ2n) is 12.9. The maximum absolute atomic E-state index is 12.5. The summed E-state index contributed by atoms with van der Waals surface area (Å²) in [6, 6.07) is 24.1. The van der Waals surface area contributed by atoms with Crippen LogP contribution in [-0.2, 0) is 0 Å². The van der Waals surface area contributed by atoms with E-state index in [0.29, 0.717) is 22.6 Å². The molecular weight excluding hydrogens is 762 g/mol. The lowest BCUT2D eigenvalue weighted by molar-refractivity contribution is -0.385. The van der Waals surface area contributed by atoms with Crippen molar-refractivity contribution in [3.05, 3.63) is 200 Å². The highest BCUT2D eigenvalue weighted by molar-refractivity contribution is 5.50. The number of nitrogens with two attached hydrogens (primary N) is 1. The Bertz CT molecular complexity index is 2970. The number of aromatic amines is 1. The summed E-state index contributed by atoms with van der Waals surface area (Å²) >= 11 is 0. The Labute approximate surface area is 334 Å². The van der Waals surface area contributed by atoms with Crippen LogP contribution in [0.1, 0.15) is 16.7 Å². The number of benzene rings is 3. The maximum Gasteiger partial charge on any atom is 0.269 e. The number of nitrogens with zero attached hydrogens (tertiary/aromatic N) is 7. The molecule has 0 amide bonds. The van der Waals surface area contributed by atoms with Crippen LogP contribution in [0.15, 0.2) is 152 Å². The molecule has 0 aliphatic heterocycles. The van der Waals surface area contributed by atoms with Crippen molar-refractivity contribution in [2.45, 2.75) is 20.8 Å². The SMILES string of the molecule is Cc1cc(N)ccc1Oc1ccc2nccn2c1.Cc1cc([N+](=O)[O-])ccc1F.Cc1cc([N+](=O)[O-])ccc1Oc1ccc2nccn2c1.O=c1ccn2cc[nH]c2c1. The van der Waals surface area contributed by atoms with Crippen molar-refractivity contribution >= 4 is 34.0 Å². The molecule has 0 bridgehead atoms. The molecule has 0 radical (unpaired) electrons. The fourth-order valence-corrected chi connectivity index (χ4v) is 5.51. The van der Waals surface area contributed by atoms with Crippen LogP contribution < -0.4 is 20.6 Å². The number of nitrogen functional groups attached to an aromatic ring is 1. The summed E-state index contributed by atoms with van der Waals surface area (Å²) in [5, 5.41) is 20.8. The van der Waals surface area contributed by atoms with Crippen LogP contribution in [0.4, 0.5) is 21.5 Å². The van der Waals surface area contributed by atoms with Crippen LogP contribution in [-0.4, -0.2) is 38.0 Å². The number of aromatic nitrogens is 6. The summed E-state index contributed by atoms with van der Waals surface area (Å²) in [5.74, 6) is 2.40. The first-order valence-corrected chi connectivity index (χ1v) is 17.7. The van der Waals surface area contributed by atoms with Crippen LogP contribution in [0.5, 0.6) is 23.0 Å². The van der Waals surface area contributed by atoms with E-state index >= 15 is 0 Å². The fourth-order valence-electron chi connectivity index (χ4n) is 5.51. The van der Waals surface area contributed by atoms with E-state index in [9.17, 15) is 29.4 Å². The number of hydrogen-bond donors (Lipinski definition) is 2. The third-order valence-corrected chi connectivity index (χ3v) is 8.52. The summed E-state index contributed by atoms with van der Waals surface area (Å²) in [5.41, 5.74) is 11.0. The lowest BCUT2D eigenvalue weighted by Gasteiger charge is -2.09. The molecule has 3 N–H and O–H groups in total. The molecule has 9 aromatic rings. The molecule has 6 aromatic heterocycles. The van der Waals surface area contributed by atoms with Crippen molar-refractivity contribution in [3.63, 3.8) is 0 Å². The van der Waals surface area contributed by atoms with Crippen LogP contribution >= 0.6 is 0 Å². The van der Waals surface area contributed by atoms with E-state index in [1.807, 2.05) is 93.6 Å². The van der Waals surface area contributed by atoms with Crippen LogP contribution in [0, 0.1) is 46.8 Å². The molecular formula is C42H36FN9O7. The van der Waals surface area contributed by atoms with Gasteiger partial charge < -0.3 is 33.4 Å². The third-order valence-electron chi connectivity index (χ3n) is 8.52. The Hall–Kier alpha value is -8.34. The average Bonchev–Trinajstić information content (AvgIpc) is 3.99. The zero-order chi connectivity index (χ0) is 42.1. The van der Waals surface area contributed by atoms with Crippen LogP contribution in [0.2, 0.25) is 0 Å². The van der Waals surface area contributed by atoms with E-state index in [4.69, 9.17) is 15.2 Å². The Kier molecular flexibility index (Phi) is 12.4. The summed E-state index contributed by atoms with van der Waals surface area (Å²) in [6.07, 6.45) is 16.3. The lowest BCUT2D eigenvalue weighted by Crippen LogP contribution is -1.97. The van der Waals surface area contributed by atoms with E-state index < -0.39 is 15.7 Å². The predicted octanol–water partition coefficient (Wildman–Crippen LogP) is 9.03. The number of ether oxygens (including phenoxy) is 2. The molecule has 16 nitrogen and oxygen atoms in total. The number of nitro benzene ring substituents is 2. The van der Waals surface area contributed by atoms with Gasteiger partial charge in [-0.3, -0.25) is 25.0 Å². The van der Waals surface area contributed by atoms with Crippen molar-refractivity contribution in [2.75, 3.05) is 5.73 Å². The van der Waals surface area contributed by atoms with Gasteiger partial charge in [-0.15, -0.1) is 0 Å². The number of fused-ring (bicyclic) bond motifs is 3. The van der Waals surface area contributed by atoms with Gasteiger partial charge in [0.15, 0.2) is 5.43 Å². The Morgan fingerprint density at radius 1 is 0.644 bits per heavy atom. The van der Waals surface area contributed by atoms with Gasteiger partial charge in [0.05, 0.1) is 22.2 Å². The van der Waals surface area contributed by atoms with Crippen molar-refractivity contribution in [3.8, 4) is 23.0 Å². The second kappa shape index (κ2) is 18.1. The maximum atomic E-state index is 12.5. The van der Waals surface area contributed by atoms with Crippen molar-refractivity contribution in [1.82, 2.24) is 28.2 Å². The summed E-state index contributed by atoms with van der Waals surface area (Å²) in [4.78, 5) is 41.9. The molecule has 0 fully saturated rings. The molecule has 9 rings (SSSR count). The van der Waals surface area contributed by atoms with Crippen LogP contribution in [0.25, 0.3) is 16.9 Å². The molecule has 59 heavy (non-hydrogen) atoms. The van der Waals surface area contributed by atoms with Gasteiger partial charge in [-0.1, -0.05) is 0 Å². The number of H-pyrrole nitrogens is 1. The van der Waals surface area contributed by atoms with E-state index in [2.05, 4.69) is 15.0 Å². The van der Waals surface area contributed by atoms with Gasteiger partial charge in [-0.05, 0) is 92.1 Å². The van der Waals surface area contributed by atoms with E-state index in [0.717, 1.165) is 51.8 Å². The monoisotopic (exact) mass is 797 g/mol. The summed E-state index contributed by atoms with van der Waals surface area (Å²) in [7, 11) is 0. The number of nitro groups is 2. The standard InChI is InChI=1S/C14H11N3O3.C14H13N3O.C7H6FNO2.C7H6N2O/c1-10-8-11(17(18)19)2-4-13(10)20-12-3-5-14-15-6-7-16(14)9-12;1-10-8-11(15)2-4-13(10)18-12-3-5-14-16-6-7-17(14)9-12;1-5-4-6(9(10)11)2-3-7(5)8;10-6-1-3-9-4-2-8-7(9)5-6/h2-9H,1H3;2-9H,15H2,1H3;2-4H,1H3;1-5,8H. The predicted molar refractivity (Wildman–Crippen MR) is 220 cm³/mol. The van der Waals surface area contributed by atoms with Gasteiger partial charge in [0.2, 0.25) is 0 Å². The zero-order valence-electron chi connectivity index (χ0n) is 31.8. The van der Waals surface area contributed by atoms with Crippen molar-refractivity contribution in [2.24, 2.45) is 0 Å². The number of aryl methyl sites for hydroxylation is 3. The van der Waals surface area contributed by atoms with Crippen LogP contribution in [0.3, 0.4) is 0 Å². The number of hydrogen-bond acceptors (Lipinski definition) is 10. The van der Waals surface area contributed by atoms with Gasteiger partial charge >= 0.3 is 0 Å². The molecule has 0 unspecified atom stereocenters. The molecule has 0 aliphatic rings. The Balaban J connectivity index is 0.000000138. The molecule has 0 atom stereocenters.